The van der Waals surface area contributed by atoms with E-state index in [1.807, 2.05) is 41.4 Å². The molecule has 2 saturated heterocycles. The monoisotopic (exact) mass is 432 g/mol. The molecule has 1 spiro atoms. The molecule has 2 aliphatic heterocycles. The van der Waals surface area contributed by atoms with Gasteiger partial charge in [0.1, 0.15) is 5.82 Å². The summed E-state index contributed by atoms with van der Waals surface area (Å²) >= 11 is 0. The maximum absolute atomic E-state index is 13.9. The Morgan fingerprint density at radius 2 is 1.91 bits per heavy atom. The zero-order valence-corrected chi connectivity index (χ0v) is 17.7. The number of morpholine rings is 1. The Kier molecular flexibility index (Phi) is 5.68. The van der Waals surface area contributed by atoms with Crippen LogP contribution in [-0.2, 0) is 22.6 Å². The predicted octanol–water partition coefficient (Wildman–Crippen LogP) is 3.01. The normalized spacial score (nSPS) is 23.7. The number of pyridine rings is 2. The Bertz CT molecular complexity index is 1080. The number of halogens is 1. The van der Waals surface area contributed by atoms with Gasteiger partial charge in [0.15, 0.2) is 5.60 Å². The minimum absolute atomic E-state index is 0.00356. The number of carbonyl (C=O) groups is 1. The summed E-state index contributed by atoms with van der Waals surface area (Å²) in [6, 6.07) is 14.4. The fourth-order valence-corrected chi connectivity index (χ4v) is 4.87. The van der Waals surface area contributed by atoms with Crippen LogP contribution >= 0.6 is 0 Å². The summed E-state index contributed by atoms with van der Waals surface area (Å²) in [5, 5.41) is 0. The molecule has 6 nitrogen and oxygen atoms in total. The molecule has 2 atom stereocenters. The van der Waals surface area contributed by atoms with Crippen molar-refractivity contribution in [2.24, 2.45) is 0 Å². The lowest BCUT2D eigenvalue weighted by Gasteiger charge is -2.42. The molecule has 2 aliphatic rings. The van der Waals surface area contributed by atoms with Gasteiger partial charge in [0.2, 0.25) is 0 Å². The van der Waals surface area contributed by atoms with E-state index < -0.39 is 5.60 Å². The number of aromatic nitrogens is 2. The van der Waals surface area contributed by atoms with Crippen molar-refractivity contribution in [2.75, 3.05) is 26.2 Å². The Balaban J connectivity index is 1.45. The van der Waals surface area contributed by atoms with Gasteiger partial charge in [-0.3, -0.25) is 19.7 Å². The molecule has 7 heteroatoms. The average molecular weight is 432 g/mol. The zero-order chi connectivity index (χ0) is 22.0. The number of rotatable bonds is 5. The lowest BCUT2D eigenvalue weighted by molar-refractivity contribution is -0.173. The lowest BCUT2D eigenvalue weighted by atomic mass is 9.83. The van der Waals surface area contributed by atoms with E-state index in [1.165, 1.54) is 6.07 Å². The van der Waals surface area contributed by atoms with Gasteiger partial charge in [-0.1, -0.05) is 18.2 Å². The average Bonchev–Trinajstić information content (AvgIpc) is 3.17. The van der Waals surface area contributed by atoms with Crippen LogP contribution < -0.4 is 0 Å². The first-order chi connectivity index (χ1) is 15.6. The van der Waals surface area contributed by atoms with Crippen molar-refractivity contribution in [1.29, 1.82) is 0 Å². The first-order valence-corrected chi connectivity index (χ1v) is 10.8. The number of benzene rings is 1. The summed E-state index contributed by atoms with van der Waals surface area (Å²) < 4.78 is 20.1. The van der Waals surface area contributed by atoms with Gasteiger partial charge >= 0.3 is 0 Å². The predicted molar refractivity (Wildman–Crippen MR) is 117 cm³/mol. The molecular formula is C25H25FN4O2. The lowest BCUT2D eigenvalue weighted by Crippen LogP contribution is -2.59. The van der Waals surface area contributed by atoms with Crippen molar-refractivity contribution < 1.29 is 13.9 Å². The number of hydrogen-bond donors (Lipinski definition) is 0. The summed E-state index contributed by atoms with van der Waals surface area (Å²) in [6.45, 7) is 3.19. The molecular weight excluding hydrogens is 407 g/mol. The molecule has 0 unspecified atom stereocenters. The minimum Gasteiger partial charge on any atom is -0.361 e. The quantitative estimate of drug-likeness (QED) is 0.620. The molecule has 4 heterocycles. The fourth-order valence-electron chi connectivity index (χ4n) is 4.87. The number of hydrogen-bond acceptors (Lipinski definition) is 5. The third kappa shape index (κ3) is 4.01. The third-order valence-corrected chi connectivity index (χ3v) is 6.34. The summed E-state index contributed by atoms with van der Waals surface area (Å²) in [4.78, 5) is 26.3. The summed E-state index contributed by atoms with van der Waals surface area (Å²) in [7, 11) is 0. The van der Waals surface area contributed by atoms with Gasteiger partial charge in [-0.05, 0) is 47.0 Å². The van der Waals surface area contributed by atoms with Crippen LogP contribution in [0.2, 0.25) is 0 Å². The summed E-state index contributed by atoms with van der Waals surface area (Å²) in [6.07, 6.45) is 7.03. The molecule has 1 aromatic carbocycles. The van der Waals surface area contributed by atoms with Crippen molar-refractivity contribution in [1.82, 2.24) is 19.8 Å². The van der Waals surface area contributed by atoms with Crippen LogP contribution in [0.15, 0.2) is 73.3 Å². The summed E-state index contributed by atoms with van der Waals surface area (Å²) in [5.41, 5.74) is 1.91. The van der Waals surface area contributed by atoms with Crippen molar-refractivity contribution in [3.05, 3.63) is 95.8 Å². The number of likely N-dealkylation sites (tertiary alicyclic amines) is 1. The maximum Gasteiger partial charge on any atom is 0.257 e. The first kappa shape index (κ1) is 20.7. The Hall–Kier alpha value is -3.16. The molecule has 0 saturated carbocycles. The minimum atomic E-state index is -0.984. The first-order valence-electron chi connectivity index (χ1n) is 10.8. The van der Waals surface area contributed by atoms with Gasteiger partial charge in [-0.25, -0.2) is 4.39 Å². The van der Waals surface area contributed by atoms with Crippen LogP contribution in [-0.4, -0.2) is 57.5 Å². The van der Waals surface area contributed by atoms with Crippen LogP contribution in [0.1, 0.15) is 22.6 Å². The van der Waals surface area contributed by atoms with Gasteiger partial charge in [0.25, 0.3) is 5.91 Å². The van der Waals surface area contributed by atoms with E-state index >= 15 is 0 Å². The second-order valence-corrected chi connectivity index (χ2v) is 8.46. The topological polar surface area (TPSA) is 58.6 Å². The van der Waals surface area contributed by atoms with E-state index in [9.17, 15) is 9.18 Å². The van der Waals surface area contributed by atoms with Crippen LogP contribution in [0.5, 0.6) is 0 Å². The van der Waals surface area contributed by atoms with Gasteiger partial charge in [0, 0.05) is 63.4 Å². The van der Waals surface area contributed by atoms with E-state index in [-0.39, 0.29) is 17.6 Å². The maximum atomic E-state index is 13.9. The van der Waals surface area contributed by atoms with E-state index in [4.69, 9.17) is 4.74 Å². The fraction of sp³-hybridized carbons (Fsp3) is 0.320. The van der Waals surface area contributed by atoms with Gasteiger partial charge in [-0.2, -0.15) is 0 Å². The number of carbonyl (C=O) groups excluding carboxylic acids is 1. The number of ether oxygens (including phenoxy) is 1. The molecule has 3 aromatic rings. The third-order valence-electron chi connectivity index (χ3n) is 6.34. The number of nitrogens with zero attached hydrogens (tertiary/aromatic N) is 4. The van der Waals surface area contributed by atoms with Crippen LogP contribution in [0.4, 0.5) is 4.39 Å². The Morgan fingerprint density at radius 1 is 1.03 bits per heavy atom. The smallest absolute Gasteiger partial charge is 0.257 e. The molecule has 5 rings (SSSR count). The van der Waals surface area contributed by atoms with E-state index in [1.54, 1.807) is 30.7 Å². The second-order valence-electron chi connectivity index (χ2n) is 8.46. The Morgan fingerprint density at radius 3 is 2.69 bits per heavy atom. The highest BCUT2D eigenvalue weighted by Crippen LogP contribution is 2.42. The molecule has 0 N–H and O–H groups in total. The van der Waals surface area contributed by atoms with Crippen LogP contribution in [0.3, 0.4) is 0 Å². The van der Waals surface area contributed by atoms with Crippen molar-refractivity contribution in [2.45, 2.75) is 24.6 Å². The molecule has 0 bridgehead atoms. The van der Waals surface area contributed by atoms with Crippen LogP contribution in [0, 0.1) is 5.82 Å². The van der Waals surface area contributed by atoms with Crippen molar-refractivity contribution in [3.8, 4) is 0 Å². The highest BCUT2D eigenvalue weighted by Gasteiger charge is 2.56. The number of amides is 1. The van der Waals surface area contributed by atoms with E-state index in [0.717, 1.165) is 16.7 Å². The van der Waals surface area contributed by atoms with Gasteiger partial charge in [-0.15, -0.1) is 0 Å². The molecule has 0 aliphatic carbocycles. The molecule has 32 heavy (non-hydrogen) atoms. The SMILES string of the molecule is O=C1N(Cc2ccncc2)CCO[C@]12CN(Cc1cccc(F)c1)C[C@H]2c1cccnc1. The van der Waals surface area contributed by atoms with Gasteiger partial charge < -0.3 is 9.64 Å². The summed E-state index contributed by atoms with van der Waals surface area (Å²) in [5.74, 6) is -0.414. The molecule has 164 valence electrons. The van der Waals surface area contributed by atoms with Gasteiger partial charge in [0.05, 0.1) is 6.61 Å². The van der Waals surface area contributed by atoms with Crippen LogP contribution in [0.25, 0.3) is 0 Å². The second kappa shape index (κ2) is 8.76. The molecule has 2 aromatic heterocycles. The standard InChI is InChI=1S/C25H25FN4O2/c26-22-5-1-3-20(13-22)15-29-17-23(21-4-2-8-28-14-21)25(18-29)24(31)30(11-12-32-25)16-19-6-9-27-10-7-19/h1-10,13-14,23H,11-12,15-18H2/t23-,25-/m0/s1. The van der Waals surface area contributed by atoms with Crippen molar-refractivity contribution >= 4 is 5.91 Å². The Labute approximate surface area is 186 Å². The van der Waals surface area contributed by atoms with E-state index in [0.29, 0.717) is 39.3 Å². The molecule has 0 radical (unpaired) electrons. The largest absolute Gasteiger partial charge is 0.361 e. The van der Waals surface area contributed by atoms with Crippen molar-refractivity contribution in [3.63, 3.8) is 0 Å². The highest BCUT2D eigenvalue weighted by molar-refractivity contribution is 5.88. The molecule has 1 amide bonds. The zero-order valence-electron chi connectivity index (χ0n) is 17.7. The molecule has 2 fully saturated rings. The van der Waals surface area contributed by atoms with E-state index in [2.05, 4.69) is 14.9 Å². The highest BCUT2D eigenvalue weighted by atomic mass is 19.1.